The van der Waals surface area contributed by atoms with E-state index < -0.39 is 0 Å². The zero-order chi connectivity index (χ0) is 7.72. The molecule has 1 aliphatic heterocycles. The lowest BCUT2D eigenvalue weighted by molar-refractivity contribution is 0.521. The van der Waals surface area contributed by atoms with E-state index in [4.69, 9.17) is 5.73 Å². The molecule has 2 nitrogen and oxygen atoms in total. The molecule has 0 bridgehead atoms. The summed E-state index contributed by atoms with van der Waals surface area (Å²) in [5, 5.41) is 0. The van der Waals surface area contributed by atoms with E-state index in [1.807, 2.05) is 0 Å². The van der Waals surface area contributed by atoms with Gasteiger partial charge in [-0.2, -0.15) is 0 Å². The SMILES string of the molecule is NC1=C(F)CN(Br)C(Br)=C1. The molecule has 1 rings (SSSR count). The highest BCUT2D eigenvalue weighted by molar-refractivity contribution is 9.13. The van der Waals surface area contributed by atoms with E-state index in [1.54, 1.807) is 3.93 Å². The third kappa shape index (κ3) is 1.52. The van der Waals surface area contributed by atoms with Gasteiger partial charge in [0, 0.05) is 0 Å². The highest BCUT2D eigenvalue weighted by Crippen LogP contribution is 2.25. The molecule has 0 aromatic heterocycles. The minimum Gasteiger partial charge on any atom is -0.397 e. The second-order valence-electron chi connectivity index (χ2n) is 1.85. The predicted molar refractivity (Wildman–Crippen MR) is 45.0 cm³/mol. The molecular weight excluding hydrogens is 267 g/mol. The van der Waals surface area contributed by atoms with Crippen molar-refractivity contribution in [3.63, 3.8) is 0 Å². The Labute approximate surface area is 75.0 Å². The van der Waals surface area contributed by atoms with E-state index in [1.165, 1.54) is 6.08 Å². The molecule has 0 unspecified atom stereocenters. The average Bonchev–Trinajstić information content (AvgIpc) is 1.84. The Hall–Kier alpha value is -0.0300. The van der Waals surface area contributed by atoms with Crippen LogP contribution in [0.2, 0.25) is 0 Å². The quantitative estimate of drug-likeness (QED) is 0.539. The van der Waals surface area contributed by atoms with Gasteiger partial charge in [0.2, 0.25) is 0 Å². The maximum Gasteiger partial charge on any atom is 0.143 e. The number of allylic oxidation sites excluding steroid dienone is 1. The number of hydrogen-bond donors (Lipinski definition) is 1. The Morgan fingerprint density at radius 1 is 1.70 bits per heavy atom. The molecule has 1 aliphatic rings. The summed E-state index contributed by atoms with van der Waals surface area (Å²) in [7, 11) is 0. The van der Waals surface area contributed by atoms with Crippen LogP contribution in [0.1, 0.15) is 0 Å². The largest absolute Gasteiger partial charge is 0.397 e. The molecule has 1 heterocycles. The van der Waals surface area contributed by atoms with Gasteiger partial charge in [-0.1, -0.05) is 0 Å². The highest BCUT2D eigenvalue weighted by Gasteiger charge is 2.14. The number of halogens is 3. The highest BCUT2D eigenvalue weighted by atomic mass is 79.9. The number of hydrogen-bond acceptors (Lipinski definition) is 2. The van der Waals surface area contributed by atoms with Crippen LogP contribution in [0.3, 0.4) is 0 Å². The van der Waals surface area contributed by atoms with E-state index in [-0.39, 0.29) is 18.1 Å². The molecule has 0 fully saturated rings. The van der Waals surface area contributed by atoms with Crippen LogP contribution < -0.4 is 5.73 Å². The van der Waals surface area contributed by atoms with Gasteiger partial charge in [0.25, 0.3) is 0 Å². The zero-order valence-corrected chi connectivity index (χ0v) is 8.11. The Morgan fingerprint density at radius 2 is 2.30 bits per heavy atom. The fraction of sp³-hybridized carbons (Fsp3) is 0.200. The van der Waals surface area contributed by atoms with E-state index >= 15 is 0 Å². The van der Waals surface area contributed by atoms with Crippen molar-refractivity contribution in [3.8, 4) is 0 Å². The standard InChI is InChI=1S/C5H5Br2FN2/c6-5-1-4(9)3(8)2-10(5)7/h1H,2,9H2. The molecule has 0 amide bonds. The third-order valence-corrected chi connectivity index (χ3v) is 2.86. The summed E-state index contributed by atoms with van der Waals surface area (Å²) in [4.78, 5) is 0. The van der Waals surface area contributed by atoms with E-state index in [0.29, 0.717) is 0 Å². The minimum atomic E-state index is -0.319. The van der Waals surface area contributed by atoms with Gasteiger partial charge >= 0.3 is 0 Å². The van der Waals surface area contributed by atoms with Crippen LogP contribution in [0.5, 0.6) is 0 Å². The molecule has 0 radical (unpaired) electrons. The van der Waals surface area contributed by atoms with Crippen LogP contribution in [-0.2, 0) is 0 Å². The van der Waals surface area contributed by atoms with Crippen LogP contribution in [0, 0.1) is 0 Å². The van der Waals surface area contributed by atoms with Gasteiger partial charge in [-0.3, -0.25) is 3.93 Å². The van der Waals surface area contributed by atoms with Crippen LogP contribution in [0.25, 0.3) is 0 Å². The van der Waals surface area contributed by atoms with Crippen LogP contribution in [0.15, 0.2) is 22.2 Å². The van der Waals surface area contributed by atoms with E-state index in [0.717, 1.165) is 4.61 Å². The predicted octanol–water partition coefficient (Wildman–Crippen LogP) is 1.99. The topological polar surface area (TPSA) is 29.3 Å². The first-order valence-electron chi connectivity index (χ1n) is 2.56. The maximum atomic E-state index is 12.6. The monoisotopic (exact) mass is 270 g/mol. The van der Waals surface area contributed by atoms with Gasteiger partial charge in [0.1, 0.15) is 5.83 Å². The number of nitrogens with two attached hydrogens (primary N) is 1. The summed E-state index contributed by atoms with van der Waals surface area (Å²) in [5.74, 6) is -0.319. The molecule has 0 aliphatic carbocycles. The Morgan fingerprint density at radius 3 is 2.80 bits per heavy atom. The summed E-state index contributed by atoms with van der Waals surface area (Å²) in [6, 6.07) is 0. The molecule has 56 valence electrons. The van der Waals surface area contributed by atoms with Crippen molar-refractivity contribution in [1.82, 2.24) is 3.93 Å². The minimum absolute atomic E-state index is 0.170. The summed E-state index contributed by atoms with van der Waals surface area (Å²) >= 11 is 6.29. The lowest BCUT2D eigenvalue weighted by atomic mass is 10.3. The smallest absolute Gasteiger partial charge is 0.143 e. The molecule has 0 aromatic rings. The summed E-state index contributed by atoms with van der Waals surface area (Å²) < 4.78 is 14.9. The van der Waals surface area contributed by atoms with Crippen LogP contribution in [0.4, 0.5) is 4.39 Å². The number of rotatable bonds is 0. The Bertz CT molecular complexity index is 212. The molecule has 0 aromatic carbocycles. The summed E-state index contributed by atoms with van der Waals surface area (Å²) in [6.07, 6.45) is 1.51. The van der Waals surface area contributed by atoms with Gasteiger partial charge < -0.3 is 5.73 Å². The lowest BCUT2D eigenvalue weighted by Gasteiger charge is -2.18. The molecule has 2 N–H and O–H groups in total. The second-order valence-corrected chi connectivity index (χ2v) is 3.52. The van der Waals surface area contributed by atoms with Gasteiger partial charge in [-0.05, 0) is 22.0 Å². The molecule has 0 saturated carbocycles. The molecule has 5 heteroatoms. The average molecular weight is 272 g/mol. The van der Waals surface area contributed by atoms with Crippen molar-refractivity contribution in [1.29, 1.82) is 0 Å². The van der Waals surface area contributed by atoms with Crippen molar-refractivity contribution >= 4 is 32.1 Å². The van der Waals surface area contributed by atoms with Crippen LogP contribution >= 0.6 is 32.1 Å². The van der Waals surface area contributed by atoms with Gasteiger partial charge in [-0.25, -0.2) is 4.39 Å². The van der Waals surface area contributed by atoms with Crippen molar-refractivity contribution < 1.29 is 4.39 Å². The lowest BCUT2D eigenvalue weighted by Crippen LogP contribution is -2.17. The van der Waals surface area contributed by atoms with Crippen LogP contribution in [-0.4, -0.2) is 10.5 Å². The maximum absolute atomic E-state index is 12.6. The van der Waals surface area contributed by atoms with E-state index in [2.05, 4.69) is 32.1 Å². The van der Waals surface area contributed by atoms with E-state index in [9.17, 15) is 4.39 Å². The van der Waals surface area contributed by atoms with Crippen molar-refractivity contribution in [3.05, 3.63) is 22.2 Å². The van der Waals surface area contributed by atoms with Crippen molar-refractivity contribution in [2.45, 2.75) is 0 Å². The molecular formula is C5H5Br2FN2. The fourth-order valence-corrected chi connectivity index (χ4v) is 1.26. The molecule has 10 heavy (non-hydrogen) atoms. The first-order chi connectivity index (χ1) is 4.61. The normalized spacial score (nSPS) is 19.5. The first kappa shape index (κ1) is 8.07. The van der Waals surface area contributed by atoms with Gasteiger partial charge in [0.05, 0.1) is 33.0 Å². The molecule has 0 atom stereocenters. The van der Waals surface area contributed by atoms with Gasteiger partial charge in [0.15, 0.2) is 0 Å². The summed E-state index contributed by atoms with van der Waals surface area (Å²) in [5.41, 5.74) is 5.46. The Balaban J connectivity index is 2.88. The third-order valence-electron chi connectivity index (χ3n) is 1.10. The molecule has 0 spiro atoms. The van der Waals surface area contributed by atoms with Crippen molar-refractivity contribution in [2.24, 2.45) is 5.73 Å². The zero-order valence-electron chi connectivity index (χ0n) is 4.94. The fourth-order valence-electron chi connectivity index (χ4n) is 0.565. The number of nitrogens with zero attached hydrogens (tertiary/aromatic N) is 1. The molecule has 0 saturated heterocycles. The second kappa shape index (κ2) is 2.92. The Kier molecular flexibility index (Phi) is 2.36. The van der Waals surface area contributed by atoms with Crippen molar-refractivity contribution in [2.75, 3.05) is 6.54 Å². The van der Waals surface area contributed by atoms with Gasteiger partial charge in [-0.15, -0.1) is 0 Å². The first-order valence-corrected chi connectivity index (χ1v) is 4.06. The summed E-state index contributed by atoms with van der Waals surface area (Å²) in [6.45, 7) is 0.170.